The van der Waals surface area contributed by atoms with Gasteiger partial charge in [-0.3, -0.25) is 9.69 Å². The topological polar surface area (TPSA) is 61.4 Å². The second-order valence-corrected chi connectivity index (χ2v) is 8.01. The van der Waals surface area contributed by atoms with Gasteiger partial charge in [0.15, 0.2) is 0 Å². The largest absolute Gasteiger partial charge is 0.353 e. The zero-order valence-electron chi connectivity index (χ0n) is 14.4. The van der Waals surface area contributed by atoms with Crippen molar-refractivity contribution in [2.75, 3.05) is 42.9 Å². The first-order valence-corrected chi connectivity index (χ1v) is 10.1. The number of halogens is 2. The molecule has 1 saturated heterocycles. The Morgan fingerprint density at radius 2 is 1.96 bits per heavy atom. The van der Waals surface area contributed by atoms with Gasteiger partial charge in [0, 0.05) is 31.2 Å². The smallest absolute Gasteiger partial charge is 0.238 e. The summed E-state index contributed by atoms with van der Waals surface area (Å²) in [5.74, 6) is 0.867. The Morgan fingerprint density at radius 3 is 2.78 bits per heavy atom. The number of nitrogens with zero attached hydrogens (tertiary/aromatic N) is 4. The molecule has 2 aromatic heterocycles. The summed E-state index contributed by atoms with van der Waals surface area (Å²) >= 11 is 13.7. The van der Waals surface area contributed by atoms with E-state index in [4.69, 9.17) is 23.2 Å². The van der Waals surface area contributed by atoms with Gasteiger partial charge in [0.2, 0.25) is 5.91 Å². The molecule has 0 radical (unpaired) electrons. The standard InChI is InChI=1S/C18H17Cl2N5OS/c19-12-1-2-14(20)15(9-12)23-16(26)10-24-4-6-25(7-5-24)17-13-3-8-27-18(13)22-11-21-17/h1-3,8-9,11H,4-7,10H2,(H,23,26). The maximum absolute atomic E-state index is 12.3. The van der Waals surface area contributed by atoms with Crippen molar-refractivity contribution in [1.82, 2.24) is 14.9 Å². The Morgan fingerprint density at radius 1 is 1.15 bits per heavy atom. The number of carbonyl (C=O) groups is 1. The minimum Gasteiger partial charge on any atom is -0.353 e. The van der Waals surface area contributed by atoms with Crippen LogP contribution in [0.5, 0.6) is 0 Å². The number of fused-ring (bicyclic) bond motifs is 1. The van der Waals surface area contributed by atoms with E-state index in [9.17, 15) is 4.79 Å². The van der Waals surface area contributed by atoms with Crippen LogP contribution in [0.15, 0.2) is 36.0 Å². The molecule has 0 atom stereocenters. The zero-order valence-corrected chi connectivity index (χ0v) is 16.7. The summed E-state index contributed by atoms with van der Waals surface area (Å²) in [4.78, 5) is 26.5. The third-order valence-electron chi connectivity index (χ3n) is 4.48. The molecule has 1 aromatic carbocycles. The van der Waals surface area contributed by atoms with E-state index in [2.05, 4.69) is 31.2 Å². The van der Waals surface area contributed by atoms with Crippen LogP contribution in [0.4, 0.5) is 11.5 Å². The lowest BCUT2D eigenvalue weighted by Gasteiger charge is -2.35. The molecule has 4 rings (SSSR count). The maximum Gasteiger partial charge on any atom is 0.238 e. The molecule has 1 fully saturated rings. The summed E-state index contributed by atoms with van der Waals surface area (Å²) in [5, 5.41) is 6.96. The molecule has 0 unspecified atom stereocenters. The molecule has 9 heteroatoms. The first kappa shape index (κ1) is 18.4. The number of benzene rings is 1. The predicted molar refractivity (Wildman–Crippen MR) is 111 cm³/mol. The predicted octanol–water partition coefficient (Wildman–Crippen LogP) is 3.76. The van der Waals surface area contributed by atoms with Crippen molar-refractivity contribution in [3.05, 3.63) is 46.0 Å². The number of amides is 1. The first-order valence-electron chi connectivity index (χ1n) is 8.50. The van der Waals surface area contributed by atoms with E-state index in [-0.39, 0.29) is 5.91 Å². The molecule has 0 saturated carbocycles. The molecule has 140 valence electrons. The van der Waals surface area contributed by atoms with Gasteiger partial charge in [-0.2, -0.15) is 0 Å². The van der Waals surface area contributed by atoms with E-state index in [1.165, 1.54) is 0 Å². The molecular formula is C18H17Cl2N5OS. The van der Waals surface area contributed by atoms with Gasteiger partial charge in [-0.15, -0.1) is 11.3 Å². The Kier molecular flexibility index (Phi) is 5.45. The van der Waals surface area contributed by atoms with Gasteiger partial charge < -0.3 is 10.2 Å². The second kappa shape index (κ2) is 7.98. The Labute approximate surface area is 170 Å². The van der Waals surface area contributed by atoms with Gasteiger partial charge in [-0.25, -0.2) is 9.97 Å². The van der Waals surface area contributed by atoms with E-state index < -0.39 is 0 Å². The summed E-state index contributed by atoms with van der Waals surface area (Å²) in [6, 6.07) is 7.08. The Balaban J connectivity index is 1.35. The fraction of sp³-hybridized carbons (Fsp3) is 0.278. The molecular weight excluding hydrogens is 405 g/mol. The van der Waals surface area contributed by atoms with Crippen LogP contribution >= 0.6 is 34.5 Å². The summed E-state index contributed by atoms with van der Waals surface area (Å²) in [6.07, 6.45) is 1.61. The highest BCUT2D eigenvalue weighted by Gasteiger charge is 2.22. The summed E-state index contributed by atoms with van der Waals surface area (Å²) < 4.78 is 0. The fourth-order valence-corrected chi connectivity index (χ4v) is 4.20. The number of thiophene rings is 1. The van der Waals surface area contributed by atoms with Crippen molar-refractivity contribution in [3.63, 3.8) is 0 Å². The first-order chi connectivity index (χ1) is 13.1. The van der Waals surface area contributed by atoms with Crippen molar-refractivity contribution < 1.29 is 4.79 Å². The van der Waals surface area contributed by atoms with Crippen molar-refractivity contribution >= 4 is 62.2 Å². The number of carbonyl (C=O) groups excluding carboxylic acids is 1. The minimum atomic E-state index is -0.102. The van der Waals surface area contributed by atoms with Crippen molar-refractivity contribution in [2.45, 2.75) is 0 Å². The summed E-state index contributed by atoms with van der Waals surface area (Å²) in [5.41, 5.74) is 0.536. The average molecular weight is 422 g/mol. The van der Waals surface area contributed by atoms with Crippen LogP contribution < -0.4 is 10.2 Å². The minimum absolute atomic E-state index is 0.102. The molecule has 0 spiro atoms. The molecule has 1 N–H and O–H groups in total. The van der Waals surface area contributed by atoms with Crippen LogP contribution in [-0.2, 0) is 4.79 Å². The lowest BCUT2D eigenvalue weighted by Crippen LogP contribution is -2.49. The van der Waals surface area contributed by atoms with Crippen LogP contribution in [-0.4, -0.2) is 53.5 Å². The Hall–Kier alpha value is -1.93. The third kappa shape index (κ3) is 4.16. The highest BCUT2D eigenvalue weighted by Crippen LogP contribution is 2.28. The van der Waals surface area contributed by atoms with Crippen molar-refractivity contribution in [1.29, 1.82) is 0 Å². The Bertz CT molecular complexity index is 971. The van der Waals surface area contributed by atoms with Crippen molar-refractivity contribution in [3.8, 4) is 0 Å². The van der Waals surface area contributed by atoms with Crippen LogP contribution in [0.2, 0.25) is 10.0 Å². The van der Waals surface area contributed by atoms with E-state index in [0.29, 0.717) is 22.3 Å². The molecule has 1 aliphatic heterocycles. The van der Waals surface area contributed by atoms with Gasteiger partial charge in [-0.1, -0.05) is 23.2 Å². The molecule has 27 heavy (non-hydrogen) atoms. The zero-order chi connectivity index (χ0) is 18.8. The fourth-order valence-electron chi connectivity index (χ4n) is 3.13. The third-order valence-corrected chi connectivity index (χ3v) is 5.87. The molecule has 3 heterocycles. The molecule has 1 aliphatic rings. The highest BCUT2D eigenvalue weighted by atomic mass is 35.5. The van der Waals surface area contributed by atoms with Crippen LogP contribution in [0, 0.1) is 0 Å². The number of nitrogens with one attached hydrogen (secondary N) is 1. The number of rotatable bonds is 4. The monoisotopic (exact) mass is 421 g/mol. The maximum atomic E-state index is 12.3. The van der Waals surface area contributed by atoms with Gasteiger partial charge >= 0.3 is 0 Å². The van der Waals surface area contributed by atoms with Crippen molar-refractivity contribution in [2.24, 2.45) is 0 Å². The van der Waals surface area contributed by atoms with Gasteiger partial charge in [0.25, 0.3) is 0 Å². The molecule has 1 amide bonds. The van der Waals surface area contributed by atoms with Crippen LogP contribution in [0.3, 0.4) is 0 Å². The summed E-state index contributed by atoms with van der Waals surface area (Å²) in [7, 11) is 0. The normalized spacial score (nSPS) is 15.3. The number of anilines is 2. The molecule has 0 aliphatic carbocycles. The number of aromatic nitrogens is 2. The average Bonchev–Trinajstić information content (AvgIpc) is 3.14. The lowest BCUT2D eigenvalue weighted by molar-refractivity contribution is -0.117. The van der Waals surface area contributed by atoms with E-state index in [1.807, 2.05) is 5.38 Å². The lowest BCUT2D eigenvalue weighted by atomic mass is 10.2. The van der Waals surface area contributed by atoms with Gasteiger partial charge in [-0.05, 0) is 29.6 Å². The quantitative estimate of drug-likeness (QED) is 0.694. The molecule has 0 bridgehead atoms. The van der Waals surface area contributed by atoms with Crippen LogP contribution in [0.25, 0.3) is 10.2 Å². The van der Waals surface area contributed by atoms with E-state index >= 15 is 0 Å². The number of hydrogen-bond acceptors (Lipinski definition) is 6. The summed E-state index contributed by atoms with van der Waals surface area (Å²) in [6.45, 7) is 3.51. The molecule has 3 aromatic rings. The number of piperazine rings is 1. The van der Waals surface area contributed by atoms with E-state index in [1.54, 1.807) is 35.9 Å². The highest BCUT2D eigenvalue weighted by molar-refractivity contribution is 7.16. The van der Waals surface area contributed by atoms with E-state index in [0.717, 1.165) is 42.2 Å². The van der Waals surface area contributed by atoms with Gasteiger partial charge in [0.05, 0.1) is 22.6 Å². The SMILES string of the molecule is O=C(CN1CCN(c2ncnc3sccc23)CC1)Nc1cc(Cl)ccc1Cl. The number of hydrogen-bond donors (Lipinski definition) is 1. The molecule has 6 nitrogen and oxygen atoms in total. The van der Waals surface area contributed by atoms with Gasteiger partial charge in [0.1, 0.15) is 17.0 Å². The van der Waals surface area contributed by atoms with Crippen LogP contribution in [0.1, 0.15) is 0 Å². The second-order valence-electron chi connectivity index (χ2n) is 6.27.